The molecular weight excluding hydrogens is 284 g/mol. The monoisotopic (exact) mass is 300 g/mol. The average Bonchev–Trinajstić information content (AvgIpc) is 3.13. The minimum Gasteiger partial charge on any atom is -0.497 e. The highest BCUT2D eigenvalue weighted by atomic mass is 16.5. The van der Waals surface area contributed by atoms with Crippen molar-refractivity contribution >= 4 is 43.6 Å². The molecule has 3 aromatic carbocycles. The largest absolute Gasteiger partial charge is 0.497 e. The summed E-state index contributed by atoms with van der Waals surface area (Å²) in [6.45, 7) is 2.18. The van der Waals surface area contributed by atoms with E-state index >= 15 is 0 Å². The van der Waals surface area contributed by atoms with Gasteiger partial charge in [0, 0.05) is 32.6 Å². The van der Waals surface area contributed by atoms with Crippen molar-refractivity contribution in [1.29, 1.82) is 0 Å². The predicted octanol–water partition coefficient (Wildman–Crippen LogP) is 5.27. The van der Waals surface area contributed by atoms with Gasteiger partial charge in [-0.05, 0) is 42.8 Å². The van der Waals surface area contributed by atoms with Gasteiger partial charge in [0.1, 0.15) is 5.75 Å². The van der Waals surface area contributed by atoms with Crippen LogP contribution in [0.2, 0.25) is 0 Å². The van der Waals surface area contributed by atoms with E-state index in [0.29, 0.717) is 0 Å². The average molecular weight is 300 g/mol. The lowest BCUT2D eigenvalue weighted by Gasteiger charge is -2.01. The van der Waals surface area contributed by atoms with Gasteiger partial charge in [0.05, 0.1) is 18.1 Å². The van der Waals surface area contributed by atoms with Crippen LogP contribution in [0.4, 0.5) is 0 Å². The molecule has 5 aromatic rings. The minimum atomic E-state index is 0.884. The molecule has 112 valence electrons. The molecule has 0 aliphatic carbocycles. The number of fused-ring (bicyclic) bond motifs is 7. The first-order chi connectivity index (χ1) is 11.3. The van der Waals surface area contributed by atoms with Gasteiger partial charge in [-0.2, -0.15) is 0 Å². The standard InChI is InChI=1S/C20H16N2O/c1-11-9-14-13-5-3-4-6-16(13)21-19(14)20-18(11)15-10-12(23-2)7-8-17(15)22-20/h3-10,21-22H,1-2H3. The van der Waals surface area contributed by atoms with E-state index in [4.69, 9.17) is 4.74 Å². The molecule has 0 unspecified atom stereocenters. The van der Waals surface area contributed by atoms with E-state index < -0.39 is 0 Å². The van der Waals surface area contributed by atoms with Gasteiger partial charge in [-0.25, -0.2) is 0 Å². The predicted molar refractivity (Wildman–Crippen MR) is 96.5 cm³/mol. The van der Waals surface area contributed by atoms with Crippen LogP contribution in [0.3, 0.4) is 0 Å². The number of aromatic nitrogens is 2. The Kier molecular flexibility index (Phi) is 2.35. The minimum absolute atomic E-state index is 0.884. The Hall–Kier alpha value is -2.94. The summed E-state index contributed by atoms with van der Waals surface area (Å²) in [6, 6.07) is 16.9. The lowest BCUT2D eigenvalue weighted by Crippen LogP contribution is -1.81. The number of rotatable bonds is 1. The van der Waals surface area contributed by atoms with E-state index in [0.717, 1.165) is 11.3 Å². The highest BCUT2D eigenvalue weighted by Gasteiger charge is 2.14. The summed E-state index contributed by atoms with van der Waals surface area (Å²) >= 11 is 0. The number of ether oxygens (including phenoxy) is 1. The van der Waals surface area contributed by atoms with E-state index in [2.05, 4.69) is 59.4 Å². The second kappa shape index (κ2) is 4.29. The molecule has 2 aromatic heterocycles. The first-order valence-electron chi connectivity index (χ1n) is 7.76. The van der Waals surface area contributed by atoms with Crippen molar-refractivity contribution in [2.45, 2.75) is 6.92 Å². The normalized spacial score (nSPS) is 11.9. The zero-order valence-corrected chi connectivity index (χ0v) is 13.0. The Morgan fingerprint density at radius 2 is 1.57 bits per heavy atom. The molecule has 2 heterocycles. The molecular formula is C20H16N2O. The third-order valence-corrected chi connectivity index (χ3v) is 4.76. The van der Waals surface area contributed by atoms with Gasteiger partial charge < -0.3 is 14.7 Å². The summed E-state index contributed by atoms with van der Waals surface area (Å²) in [5, 5.41) is 5.00. The van der Waals surface area contributed by atoms with Crippen molar-refractivity contribution in [2.75, 3.05) is 7.11 Å². The summed E-state index contributed by atoms with van der Waals surface area (Å²) in [6.07, 6.45) is 0. The Morgan fingerprint density at radius 1 is 0.783 bits per heavy atom. The van der Waals surface area contributed by atoms with E-state index in [1.807, 2.05) is 6.07 Å². The lowest BCUT2D eigenvalue weighted by molar-refractivity contribution is 0.415. The molecule has 0 amide bonds. The number of H-pyrrole nitrogens is 2. The SMILES string of the molecule is COc1ccc2[nH]c3c4[nH]c5ccccc5c4cc(C)c3c2c1. The Morgan fingerprint density at radius 3 is 2.43 bits per heavy atom. The molecule has 0 fully saturated rings. The molecule has 5 rings (SSSR count). The molecule has 0 atom stereocenters. The summed E-state index contributed by atoms with van der Waals surface area (Å²) in [4.78, 5) is 7.16. The van der Waals surface area contributed by atoms with Crippen LogP contribution in [-0.4, -0.2) is 17.1 Å². The molecule has 0 aliphatic rings. The van der Waals surface area contributed by atoms with E-state index in [1.165, 1.54) is 43.7 Å². The molecule has 0 saturated carbocycles. The van der Waals surface area contributed by atoms with Gasteiger partial charge in [-0.15, -0.1) is 0 Å². The maximum atomic E-state index is 5.39. The molecule has 0 saturated heterocycles. The lowest BCUT2D eigenvalue weighted by atomic mass is 10.0. The molecule has 0 radical (unpaired) electrons. The van der Waals surface area contributed by atoms with Gasteiger partial charge in [-0.3, -0.25) is 0 Å². The Balaban J connectivity index is 2.04. The van der Waals surface area contributed by atoms with Gasteiger partial charge >= 0.3 is 0 Å². The molecule has 3 heteroatoms. The number of aromatic amines is 2. The third kappa shape index (κ3) is 1.59. The molecule has 23 heavy (non-hydrogen) atoms. The fourth-order valence-corrected chi connectivity index (χ4v) is 3.69. The van der Waals surface area contributed by atoms with E-state index in [9.17, 15) is 0 Å². The van der Waals surface area contributed by atoms with Crippen LogP contribution >= 0.6 is 0 Å². The quantitative estimate of drug-likeness (QED) is 0.435. The van der Waals surface area contributed by atoms with Gasteiger partial charge in [0.15, 0.2) is 0 Å². The summed E-state index contributed by atoms with van der Waals surface area (Å²) in [7, 11) is 1.71. The maximum Gasteiger partial charge on any atom is 0.119 e. The van der Waals surface area contributed by atoms with Crippen molar-refractivity contribution < 1.29 is 4.74 Å². The zero-order valence-electron chi connectivity index (χ0n) is 13.0. The van der Waals surface area contributed by atoms with Crippen LogP contribution in [0, 0.1) is 6.92 Å². The number of methoxy groups -OCH3 is 1. The number of aryl methyl sites for hydroxylation is 1. The summed E-state index contributed by atoms with van der Waals surface area (Å²) in [5.41, 5.74) is 5.92. The number of benzene rings is 3. The highest BCUT2D eigenvalue weighted by molar-refractivity contribution is 6.22. The van der Waals surface area contributed by atoms with Gasteiger partial charge in [0.2, 0.25) is 0 Å². The van der Waals surface area contributed by atoms with Crippen LogP contribution < -0.4 is 4.74 Å². The van der Waals surface area contributed by atoms with Crippen molar-refractivity contribution in [3.05, 3.63) is 54.1 Å². The van der Waals surface area contributed by atoms with Crippen LogP contribution in [0.1, 0.15) is 5.56 Å². The number of nitrogens with one attached hydrogen (secondary N) is 2. The second-order valence-corrected chi connectivity index (χ2v) is 6.07. The Labute approximate surface area is 132 Å². The molecule has 2 N–H and O–H groups in total. The van der Waals surface area contributed by atoms with Crippen LogP contribution in [0.5, 0.6) is 5.75 Å². The number of para-hydroxylation sites is 1. The smallest absolute Gasteiger partial charge is 0.119 e. The zero-order chi connectivity index (χ0) is 15.6. The second-order valence-electron chi connectivity index (χ2n) is 6.07. The first-order valence-corrected chi connectivity index (χ1v) is 7.76. The van der Waals surface area contributed by atoms with Crippen molar-refractivity contribution in [3.63, 3.8) is 0 Å². The van der Waals surface area contributed by atoms with E-state index in [-0.39, 0.29) is 0 Å². The van der Waals surface area contributed by atoms with Crippen LogP contribution in [0.15, 0.2) is 48.5 Å². The molecule has 3 nitrogen and oxygen atoms in total. The summed E-state index contributed by atoms with van der Waals surface area (Å²) in [5.74, 6) is 0.884. The van der Waals surface area contributed by atoms with Gasteiger partial charge in [-0.1, -0.05) is 18.2 Å². The number of hydrogen-bond donors (Lipinski definition) is 2. The van der Waals surface area contributed by atoms with Crippen molar-refractivity contribution in [3.8, 4) is 5.75 Å². The summed E-state index contributed by atoms with van der Waals surface area (Å²) < 4.78 is 5.39. The third-order valence-electron chi connectivity index (χ3n) is 4.76. The van der Waals surface area contributed by atoms with E-state index in [1.54, 1.807) is 7.11 Å². The maximum absolute atomic E-state index is 5.39. The van der Waals surface area contributed by atoms with Crippen LogP contribution in [-0.2, 0) is 0 Å². The Bertz CT molecular complexity index is 1210. The number of hydrogen-bond acceptors (Lipinski definition) is 1. The fraction of sp³-hybridized carbons (Fsp3) is 0.100. The molecule has 0 bridgehead atoms. The van der Waals surface area contributed by atoms with Crippen molar-refractivity contribution in [1.82, 2.24) is 9.97 Å². The highest BCUT2D eigenvalue weighted by Crippen LogP contribution is 2.37. The fourth-order valence-electron chi connectivity index (χ4n) is 3.69. The van der Waals surface area contributed by atoms with Crippen LogP contribution in [0.25, 0.3) is 43.6 Å². The van der Waals surface area contributed by atoms with Gasteiger partial charge in [0.25, 0.3) is 0 Å². The molecule has 0 spiro atoms. The topological polar surface area (TPSA) is 40.8 Å². The van der Waals surface area contributed by atoms with Crippen molar-refractivity contribution in [2.24, 2.45) is 0 Å². The first kappa shape index (κ1) is 12.6. The molecule has 0 aliphatic heterocycles.